The number of hydrogen-bond donors (Lipinski definition) is 1. The SMILES string of the molecule is COC(CC1(CO)CC1)OC. The van der Waals surface area contributed by atoms with Gasteiger partial charge in [-0.25, -0.2) is 0 Å². The van der Waals surface area contributed by atoms with E-state index in [0.29, 0.717) is 0 Å². The second-order valence-corrected chi connectivity index (χ2v) is 3.26. The normalized spacial score (nSPS) is 20.7. The lowest BCUT2D eigenvalue weighted by molar-refractivity contribution is -0.119. The fourth-order valence-corrected chi connectivity index (χ4v) is 1.22. The summed E-state index contributed by atoms with van der Waals surface area (Å²) in [7, 11) is 3.25. The molecule has 0 atom stereocenters. The average Bonchev–Trinajstić information content (AvgIpc) is 2.81. The number of ether oxygens (including phenoxy) is 2. The minimum absolute atomic E-state index is 0.122. The van der Waals surface area contributed by atoms with Crippen molar-refractivity contribution in [1.82, 2.24) is 0 Å². The van der Waals surface area contributed by atoms with E-state index in [9.17, 15) is 0 Å². The van der Waals surface area contributed by atoms with Crippen molar-refractivity contribution in [3.63, 3.8) is 0 Å². The topological polar surface area (TPSA) is 38.7 Å². The molecule has 1 aliphatic carbocycles. The molecule has 0 aromatic rings. The summed E-state index contributed by atoms with van der Waals surface area (Å²) in [6, 6.07) is 0. The zero-order valence-corrected chi connectivity index (χ0v) is 7.17. The molecule has 1 aliphatic rings. The Bertz CT molecular complexity index is 117. The zero-order valence-electron chi connectivity index (χ0n) is 7.17. The van der Waals surface area contributed by atoms with Gasteiger partial charge in [-0.15, -0.1) is 0 Å². The second-order valence-electron chi connectivity index (χ2n) is 3.26. The first-order valence-corrected chi connectivity index (χ1v) is 3.93. The number of rotatable bonds is 5. The van der Waals surface area contributed by atoms with E-state index in [2.05, 4.69) is 0 Å². The smallest absolute Gasteiger partial charge is 0.157 e. The van der Waals surface area contributed by atoms with Gasteiger partial charge in [-0.3, -0.25) is 0 Å². The molecule has 66 valence electrons. The van der Waals surface area contributed by atoms with E-state index >= 15 is 0 Å². The molecule has 0 unspecified atom stereocenters. The van der Waals surface area contributed by atoms with E-state index < -0.39 is 0 Å². The van der Waals surface area contributed by atoms with Gasteiger partial charge in [-0.05, 0) is 18.3 Å². The van der Waals surface area contributed by atoms with Gasteiger partial charge in [0.2, 0.25) is 0 Å². The molecule has 3 nitrogen and oxygen atoms in total. The fourth-order valence-electron chi connectivity index (χ4n) is 1.22. The summed E-state index contributed by atoms with van der Waals surface area (Å²) in [6.07, 6.45) is 2.88. The molecular weight excluding hydrogens is 144 g/mol. The van der Waals surface area contributed by atoms with Crippen molar-refractivity contribution < 1.29 is 14.6 Å². The largest absolute Gasteiger partial charge is 0.396 e. The summed E-state index contributed by atoms with van der Waals surface area (Å²) in [6.45, 7) is 0.260. The monoisotopic (exact) mass is 160 g/mol. The number of hydrogen-bond acceptors (Lipinski definition) is 3. The first-order valence-electron chi connectivity index (χ1n) is 3.93. The summed E-state index contributed by atoms with van der Waals surface area (Å²) < 4.78 is 10.1. The predicted molar refractivity (Wildman–Crippen MR) is 41.2 cm³/mol. The molecule has 0 bridgehead atoms. The maximum absolute atomic E-state index is 8.99. The molecule has 0 aliphatic heterocycles. The molecule has 1 rings (SSSR count). The van der Waals surface area contributed by atoms with Crippen LogP contribution in [0.2, 0.25) is 0 Å². The van der Waals surface area contributed by atoms with Gasteiger partial charge in [0, 0.05) is 27.2 Å². The zero-order chi connectivity index (χ0) is 8.32. The lowest BCUT2D eigenvalue weighted by atomic mass is 10.0. The van der Waals surface area contributed by atoms with Gasteiger partial charge in [0.25, 0.3) is 0 Å². The molecule has 0 radical (unpaired) electrons. The van der Waals surface area contributed by atoms with Gasteiger partial charge in [0.1, 0.15) is 0 Å². The molecule has 11 heavy (non-hydrogen) atoms. The van der Waals surface area contributed by atoms with E-state index in [-0.39, 0.29) is 18.3 Å². The number of aliphatic hydroxyl groups is 1. The third-order valence-electron chi connectivity index (χ3n) is 2.42. The van der Waals surface area contributed by atoms with Crippen molar-refractivity contribution in [2.45, 2.75) is 25.6 Å². The lowest BCUT2D eigenvalue weighted by Gasteiger charge is -2.18. The van der Waals surface area contributed by atoms with Crippen LogP contribution in [-0.4, -0.2) is 32.2 Å². The van der Waals surface area contributed by atoms with Gasteiger partial charge in [0.05, 0.1) is 0 Å². The van der Waals surface area contributed by atoms with Crippen LogP contribution in [0.3, 0.4) is 0 Å². The third kappa shape index (κ3) is 2.15. The van der Waals surface area contributed by atoms with Gasteiger partial charge >= 0.3 is 0 Å². The van der Waals surface area contributed by atoms with Crippen LogP contribution < -0.4 is 0 Å². The molecule has 0 aromatic heterocycles. The molecule has 1 N–H and O–H groups in total. The van der Waals surface area contributed by atoms with Crippen molar-refractivity contribution >= 4 is 0 Å². The first kappa shape index (κ1) is 8.97. The molecule has 0 heterocycles. The highest BCUT2D eigenvalue weighted by atomic mass is 16.7. The Labute approximate surface area is 67.3 Å². The minimum Gasteiger partial charge on any atom is -0.396 e. The minimum atomic E-state index is -0.148. The Kier molecular flexibility index (Phi) is 2.87. The predicted octanol–water partition coefficient (Wildman–Crippen LogP) is 0.768. The maximum Gasteiger partial charge on any atom is 0.157 e. The number of aliphatic hydroxyl groups excluding tert-OH is 1. The van der Waals surface area contributed by atoms with Crippen molar-refractivity contribution in [2.75, 3.05) is 20.8 Å². The number of methoxy groups -OCH3 is 2. The summed E-state index contributed by atoms with van der Waals surface area (Å²) in [5.74, 6) is 0. The van der Waals surface area contributed by atoms with Gasteiger partial charge in [0.15, 0.2) is 6.29 Å². The highest BCUT2D eigenvalue weighted by molar-refractivity contribution is 4.92. The molecule has 0 aromatic carbocycles. The van der Waals surface area contributed by atoms with Crippen molar-refractivity contribution in [2.24, 2.45) is 5.41 Å². The van der Waals surface area contributed by atoms with Crippen LogP contribution in [0.5, 0.6) is 0 Å². The van der Waals surface area contributed by atoms with Crippen LogP contribution in [0.1, 0.15) is 19.3 Å². The van der Waals surface area contributed by atoms with Crippen LogP contribution in [0.25, 0.3) is 0 Å². The second kappa shape index (κ2) is 3.52. The van der Waals surface area contributed by atoms with Crippen LogP contribution in [0, 0.1) is 5.41 Å². The molecule has 3 heteroatoms. The Morgan fingerprint density at radius 3 is 2.18 bits per heavy atom. The molecule has 0 saturated heterocycles. The summed E-state index contributed by atoms with van der Waals surface area (Å²) >= 11 is 0. The van der Waals surface area contributed by atoms with Gasteiger partial charge < -0.3 is 14.6 Å². The highest BCUT2D eigenvalue weighted by Gasteiger charge is 2.43. The Hall–Kier alpha value is -0.120. The third-order valence-corrected chi connectivity index (χ3v) is 2.42. The van der Waals surface area contributed by atoms with E-state index in [1.807, 2.05) is 0 Å². The molecule has 0 spiro atoms. The van der Waals surface area contributed by atoms with Gasteiger partial charge in [-0.2, -0.15) is 0 Å². The van der Waals surface area contributed by atoms with Crippen molar-refractivity contribution in [3.05, 3.63) is 0 Å². The molecule has 0 amide bonds. The quantitative estimate of drug-likeness (QED) is 0.604. The lowest BCUT2D eigenvalue weighted by Crippen LogP contribution is -2.21. The van der Waals surface area contributed by atoms with Crippen LogP contribution in [0.15, 0.2) is 0 Å². The van der Waals surface area contributed by atoms with Crippen LogP contribution in [0.4, 0.5) is 0 Å². The van der Waals surface area contributed by atoms with E-state index in [0.717, 1.165) is 19.3 Å². The summed E-state index contributed by atoms with van der Waals surface area (Å²) in [5.41, 5.74) is 0.122. The Balaban J connectivity index is 2.27. The summed E-state index contributed by atoms with van der Waals surface area (Å²) in [4.78, 5) is 0. The first-order chi connectivity index (χ1) is 5.26. The highest BCUT2D eigenvalue weighted by Crippen LogP contribution is 2.49. The Morgan fingerprint density at radius 2 is 1.91 bits per heavy atom. The van der Waals surface area contributed by atoms with Crippen molar-refractivity contribution in [1.29, 1.82) is 0 Å². The molecule has 1 fully saturated rings. The summed E-state index contributed by atoms with van der Waals surface area (Å²) in [5, 5.41) is 8.99. The van der Waals surface area contributed by atoms with Crippen molar-refractivity contribution in [3.8, 4) is 0 Å². The maximum atomic E-state index is 8.99. The van der Waals surface area contributed by atoms with Crippen LogP contribution >= 0.6 is 0 Å². The average molecular weight is 160 g/mol. The van der Waals surface area contributed by atoms with Crippen LogP contribution in [-0.2, 0) is 9.47 Å². The molecule has 1 saturated carbocycles. The Morgan fingerprint density at radius 1 is 1.36 bits per heavy atom. The standard InChI is InChI=1S/C8H16O3/c1-10-7(11-2)5-8(6-9)3-4-8/h7,9H,3-6H2,1-2H3. The fraction of sp³-hybridized carbons (Fsp3) is 1.00. The van der Waals surface area contributed by atoms with Gasteiger partial charge in [-0.1, -0.05) is 0 Å². The van der Waals surface area contributed by atoms with E-state index in [1.54, 1.807) is 14.2 Å². The van der Waals surface area contributed by atoms with E-state index in [1.165, 1.54) is 0 Å². The van der Waals surface area contributed by atoms with E-state index in [4.69, 9.17) is 14.6 Å². The molecular formula is C8H16O3.